The number of hydrogen-bond acceptors (Lipinski definition) is 3. The molecule has 1 aliphatic heterocycles. The van der Waals surface area contributed by atoms with Crippen LogP contribution in [-0.2, 0) is 9.59 Å². The number of piperidine rings is 1. The predicted molar refractivity (Wildman–Crippen MR) is 75.8 cm³/mol. The third-order valence-electron chi connectivity index (χ3n) is 3.57. The van der Waals surface area contributed by atoms with Crippen LogP contribution in [0.15, 0.2) is 0 Å². The zero-order chi connectivity index (χ0) is 14.1. The molecule has 0 saturated carbocycles. The molecule has 1 saturated heterocycles. The normalized spacial score (nSPS) is 18.9. The van der Waals surface area contributed by atoms with E-state index < -0.39 is 0 Å². The Hall–Kier alpha value is -1.10. The molecule has 110 valence electrons. The van der Waals surface area contributed by atoms with Gasteiger partial charge in [0, 0.05) is 38.5 Å². The molecule has 0 spiro atoms. The van der Waals surface area contributed by atoms with Gasteiger partial charge >= 0.3 is 0 Å². The van der Waals surface area contributed by atoms with Crippen LogP contribution >= 0.6 is 0 Å². The molecule has 1 fully saturated rings. The molecule has 2 amide bonds. The topological polar surface area (TPSA) is 61.4 Å². The molecule has 1 atom stereocenters. The van der Waals surface area contributed by atoms with Crippen molar-refractivity contribution in [2.24, 2.45) is 0 Å². The average Bonchev–Trinajstić information content (AvgIpc) is 2.41. The van der Waals surface area contributed by atoms with Gasteiger partial charge in [-0.3, -0.25) is 9.59 Å². The quantitative estimate of drug-likeness (QED) is 0.721. The Labute approximate surface area is 116 Å². The molecule has 1 unspecified atom stereocenters. The van der Waals surface area contributed by atoms with Crippen LogP contribution in [0.2, 0.25) is 0 Å². The molecule has 19 heavy (non-hydrogen) atoms. The van der Waals surface area contributed by atoms with Crippen LogP contribution in [0, 0.1) is 0 Å². The summed E-state index contributed by atoms with van der Waals surface area (Å²) in [4.78, 5) is 25.3. The van der Waals surface area contributed by atoms with Crippen LogP contribution in [0.3, 0.4) is 0 Å². The number of nitrogens with one attached hydrogen (secondary N) is 2. The lowest BCUT2D eigenvalue weighted by Crippen LogP contribution is -2.45. The number of hydrogen-bond donors (Lipinski definition) is 2. The molecule has 1 aliphatic rings. The smallest absolute Gasteiger partial charge is 0.222 e. The fraction of sp³-hybridized carbons (Fsp3) is 0.857. The molecule has 1 heterocycles. The van der Waals surface area contributed by atoms with Crippen molar-refractivity contribution in [3.8, 4) is 0 Å². The highest BCUT2D eigenvalue weighted by atomic mass is 16.2. The highest BCUT2D eigenvalue weighted by Gasteiger charge is 2.15. The van der Waals surface area contributed by atoms with Gasteiger partial charge in [0.2, 0.25) is 11.8 Å². The SMILES string of the molecule is CCN(CC)C(=O)CCCC(=O)NC1CCCNC1. The lowest BCUT2D eigenvalue weighted by molar-refractivity contribution is -0.131. The third-order valence-corrected chi connectivity index (χ3v) is 3.57. The van der Waals surface area contributed by atoms with E-state index in [0.29, 0.717) is 19.3 Å². The maximum absolute atomic E-state index is 11.8. The summed E-state index contributed by atoms with van der Waals surface area (Å²) in [7, 11) is 0. The first kappa shape index (κ1) is 16.0. The zero-order valence-electron chi connectivity index (χ0n) is 12.2. The Morgan fingerprint density at radius 1 is 1.26 bits per heavy atom. The third kappa shape index (κ3) is 6.05. The molecule has 1 rings (SSSR count). The van der Waals surface area contributed by atoms with Crippen molar-refractivity contribution >= 4 is 11.8 Å². The summed E-state index contributed by atoms with van der Waals surface area (Å²) in [5.74, 6) is 0.221. The van der Waals surface area contributed by atoms with E-state index in [-0.39, 0.29) is 17.9 Å². The second-order valence-electron chi connectivity index (χ2n) is 5.03. The molecular weight excluding hydrogens is 242 g/mol. The minimum atomic E-state index is 0.0704. The summed E-state index contributed by atoms with van der Waals surface area (Å²) < 4.78 is 0. The monoisotopic (exact) mass is 269 g/mol. The summed E-state index contributed by atoms with van der Waals surface area (Å²) in [6, 6.07) is 0.264. The van der Waals surface area contributed by atoms with Gasteiger partial charge < -0.3 is 15.5 Å². The Bertz CT molecular complexity index is 284. The minimum absolute atomic E-state index is 0.0704. The van der Waals surface area contributed by atoms with Crippen LogP contribution in [0.5, 0.6) is 0 Å². The summed E-state index contributed by atoms with van der Waals surface area (Å²) in [5, 5.41) is 6.29. The maximum Gasteiger partial charge on any atom is 0.222 e. The molecular formula is C14H27N3O2. The fourth-order valence-corrected chi connectivity index (χ4v) is 2.41. The number of carbonyl (C=O) groups excluding carboxylic acids is 2. The minimum Gasteiger partial charge on any atom is -0.352 e. The summed E-state index contributed by atoms with van der Waals surface area (Å²) in [5.41, 5.74) is 0. The van der Waals surface area contributed by atoms with Gasteiger partial charge in [0.05, 0.1) is 0 Å². The van der Waals surface area contributed by atoms with Gasteiger partial charge in [0.15, 0.2) is 0 Å². The van der Waals surface area contributed by atoms with Crippen molar-refractivity contribution in [2.45, 2.75) is 52.0 Å². The first-order chi connectivity index (χ1) is 9.17. The first-order valence-electron chi connectivity index (χ1n) is 7.45. The van der Waals surface area contributed by atoms with Crippen molar-refractivity contribution in [2.75, 3.05) is 26.2 Å². The second-order valence-corrected chi connectivity index (χ2v) is 5.03. The molecule has 0 aromatic carbocycles. The van der Waals surface area contributed by atoms with E-state index in [1.54, 1.807) is 0 Å². The van der Waals surface area contributed by atoms with Gasteiger partial charge in [0.25, 0.3) is 0 Å². The van der Waals surface area contributed by atoms with E-state index in [4.69, 9.17) is 0 Å². The first-order valence-corrected chi connectivity index (χ1v) is 7.45. The molecule has 5 nitrogen and oxygen atoms in total. The largest absolute Gasteiger partial charge is 0.352 e. The number of carbonyl (C=O) groups is 2. The summed E-state index contributed by atoms with van der Waals surface area (Å²) >= 11 is 0. The molecule has 0 aliphatic carbocycles. The van der Waals surface area contributed by atoms with Gasteiger partial charge in [-0.05, 0) is 39.7 Å². The van der Waals surface area contributed by atoms with Crippen molar-refractivity contribution in [1.82, 2.24) is 15.5 Å². The molecule has 2 N–H and O–H groups in total. The van der Waals surface area contributed by atoms with Crippen molar-refractivity contribution < 1.29 is 9.59 Å². The van der Waals surface area contributed by atoms with Crippen LogP contribution in [0.4, 0.5) is 0 Å². The van der Waals surface area contributed by atoms with E-state index in [1.165, 1.54) is 0 Å². The molecule has 0 aromatic heterocycles. The summed E-state index contributed by atoms with van der Waals surface area (Å²) in [6.07, 6.45) is 3.73. The standard InChI is InChI=1S/C14H27N3O2/c1-3-17(4-2)14(19)9-5-8-13(18)16-12-7-6-10-15-11-12/h12,15H,3-11H2,1-2H3,(H,16,18). The Morgan fingerprint density at radius 3 is 2.58 bits per heavy atom. The number of nitrogens with zero attached hydrogens (tertiary/aromatic N) is 1. The average molecular weight is 269 g/mol. The number of rotatable bonds is 7. The lowest BCUT2D eigenvalue weighted by atomic mass is 10.1. The molecule has 0 aromatic rings. The molecule has 5 heteroatoms. The molecule has 0 radical (unpaired) electrons. The fourth-order valence-electron chi connectivity index (χ4n) is 2.41. The van der Waals surface area contributed by atoms with Gasteiger partial charge in [-0.15, -0.1) is 0 Å². The number of amides is 2. The van der Waals surface area contributed by atoms with Crippen molar-refractivity contribution in [3.63, 3.8) is 0 Å². The van der Waals surface area contributed by atoms with Gasteiger partial charge in [-0.1, -0.05) is 0 Å². The van der Waals surface area contributed by atoms with E-state index in [9.17, 15) is 9.59 Å². The van der Waals surface area contributed by atoms with Gasteiger partial charge in [-0.25, -0.2) is 0 Å². The van der Waals surface area contributed by atoms with E-state index >= 15 is 0 Å². The zero-order valence-corrected chi connectivity index (χ0v) is 12.2. The lowest BCUT2D eigenvalue weighted by Gasteiger charge is -2.23. The second kappa shape index (κ2) is 8.91. The van der Waals surface area contributed by atoms with E-state index in [2.05, 4.69) is 10.6 Å². The summed E-state index contributed by atoms with van der Waals surface area (Å²) in [6.45, 7) is 7.35. The Kier molecular flexibility index (Phi) is 7.48. The van der Waals surface area contributed by atoms with Crippen molar-refractivity contribution in [3.05, 3.63) is 0 Å². The van der Waals surface area contributed by atoms with Gasteiger partial charge in [0.1, 0.15) is 0 Å². The Morgan fingerprint density at radius 2 is 2.00 bits per heavy atom. The highest BCUT2D eigenvalue weighted by molar-refractivity contribution is 5.79. The van der Waals surface area contributed by atoms with Gasteiger partial charge in [-0.2, -0.15) is 0 Å². The predicted octanol–water partition coefficient (Wildman–Crippen LogP) is 0.893. The maximum atomic E-state index is 11.8. The van der Waals surface area contributed by atoms with Crippen LogP contribution in [0.25, 0.3) is 0 Å². The van der Waals surface area contributed by atoms with E-state index in [1.807, 2.05) is 18.7 Å². The van der Waals surface area contributed by atoms with Crippen LogP contribution < -0.4 is 10.6 Å². The Balaban J connectivity index is 2.14. The van der Waals surface area contributed by atoms with Crippen LogP contribution in [-0.4, -0.2) is 48.9 Å². The highest BCUT2D eigenvalue weighted by Crippen LogP contribution is 2.04. The molecule has 0 bridgehead atoms. The van der Waals surface area contributed by atoms with Crippen LogP contribution in [0.1, 0.15) is 46.0 Å². The van der Waals surface area contributed by atoms with Crippen molar-refractivity contribution in [1.29, 1.82) is 0 Å². The van der Waals surface area contributed by atoms with E-state index in [0.717, 1.165) is 39.0 Å².